The molecule has 1 aromatic carbocycles. The number of rotatable bonds is 8. The molecule has 1 aromatic rings. The van der Waals surface area contributed by atoms with Crippen molar-refractivity contribution in [2.45, 2.75) is 19.4 Å². The Morgan fingerprint density at radius 2 is 2.24 bits per heavy atom. The lowest BCUT2D eigenvalue weighted by atomic mass is 10.2. The highest BCUT2D eigenvalue weighted by atomic mass is 32.2. The van der Waals surface area contributed by atoms with Crippen molar-refractivity contribution in [2.75, 3.05) is 43.8 Å². The summed E-state index contributed by atoms with van der Waals surface area (Å²) in [5, 5.41) is 2.84. The summed E-state index contributed by atoms with van der Waals surface area (Å²) in [5.41, 5.74) is 7.01. The Labute approximate surface area is 131 Å². The fourth-order valence-electron chi connectivity index (χ4n) is 1.86. The van der Waals surface area contributed by atoms with Crippen LogP contribution in [0.25, 0.3) is 0 Å². The Bertz CT molecular complexity index is 468. The van der Waals surface area contributed by atoms with E-state index in [-0.39, 0.29) is 5.91 Å². The van der Waals surface area contributed by atoms with Gasteiger partial charge in [0.15, 0.2) is 0 Å². The molecule has 0 saturated heterocycles. The highest BCUT2D eigenvalue weighted by Crippen LogP contribution is 2.23. The van der Waals surface area contributed by atoms with Crippen LogP contribution >= 0.6 is 11.8 Å². The van der Waals surface area contributed by atoms with E-state index >= 15 is 0 Å². The monoisotopic (exact) mass is 311 g/mol. The molecule has 0 aromatic heterocycles. The van der Waals surface area contributed by atoms with Crippen LogP contribution in [0.5, 0.6) is 5.75 Å². The summed E-state index contributed by atoms with van der Waals surface area (Å²) in [6, 6.07) is 5.59. The largest absolute Gasteiger partial charge is 0.497 e. The zero-order valence-corrected chi connectivity index (χ0v) is 14.0. The molecule has 0 aliphatic carbocycles. The van der Waals surface area contributed by atoms with E-state index in [2.05, 4.69) is 18.5 Å². The number of nitrogens with zero attached hydrogens (tertiary/aromatic N) is 1. The quantitative estimate of drug-likeness (QED) is 0.721. The van der Waals surface area contributed by atoms with E-state index in [0.29, 0.717) is 29.7 Å². The van der Waals surface area contributed by atoms with E-state index in [9.17, 15) is 4.79 Å². The number of anilines is 2. The van der Waals surface area contributed by atoms with Gasteiger partial charge in [-0.1, -0.05) is 0 Å². The number of amides is 1. The minimum atomic E-state index is -0.0645. The summed E-state index contributed by atoms with van der Waals surface area (Å²) >= 11 is 1.82. The molecule has 0 radical (unpaired) electrons. The van der Waals surface area contributed by atoms with Crippen molar-refractivity contribution in [1.82, 2.24) is 4.90 Å². The standard InChI is InChI=1S/C15H25N3O2S/c1-11(7-8-21-4)18(2)10-15(19)17-14-6-5-12(20-3)9-13(14)16/h5-6,9,11H,7-8,10,16H2,1-4H3,(H,17,19). The summed E-state index contributed by atoms with van der Waals surface area (Å²) in [7, 11) is 3.54. The summed E-state index contributed by atoms with van der Waals surface area (Å²) in [5.74, 6) is 1.71. The van der Waals surface area contributed by atoms with Crippen molar-refractivity contribution in [2.24, 2.45) is 0 Å². The van der Waals surface area contributed by atoms with Crippen LogP contribution < -0.4 is 15.8 Å². The first-order valence-corrected chi connectivity index (χ1v) is 8.29. The molecule has 21 heavy (non-hydrogen) atoms. The van der Waals surface area contributed by atoms with Crippen molar-refractivity contribution in [3.05, 3.63) is 18.2 Å². The molecule has 1 unspecified atom stereocenters. The fourth-order valence-corrected chi connectivity index (χ4v) is 2.44. The molecule has 0 saturated carbocycles. The second-order valence-corrected chi connectivity index (χ2v) is 6.03. The number of methoxy groups -OCH3 is 1. The summed E-state index contributed by atoms with van der Waals surface area (Å²) in [6.07, 6.45) is 3.15. The highest BCUT2D eigenvalue weighted by molar-refractivity contribution is 7.98. The SMILES string of the molecule is COc1ccc(NC(=O)CN(C)C(C)CCSC)c(N)c1. The maximum atomic E-state index is 12.1. The molecule has 118 valence electrons. The van der Waals surface area contributed by atoms with Crippen LogP contribution in [0.3, 0.4) is 0 Å². The van der Waals surface area contributed by atoms with Gasteiger partial charge >= 0.3 is 0 Å². The number of carbonyl (C=O) groups is 1. The topological polar surface area (TPSA) is 67.6 Å². The molecule has 1 rings (SSSR count). The van der Waals surface area contributed by atoms with Crippen LogP contribution in [0.15, 0.2) is 18.2 Å². The Morgan fingerprint density at radius 1 is 1.52 bits per heavy atom. The molecule has 5 nitrogen and oxygen atoms in total. The molecular weight excluding hydrogens is 286 g/mol. The molecule has 3 N–H and O–H groups in total. The average molecular weight is 311 g/mol. The van der Waals surface area contributed by atoms with Crippen molar-refractivity contribution in [3.63, 3.8) is 0 Å². The van der Waals surface area contributed by atoms with Gasteiger partial charge in [-0.2, -0.15) is 11.8 Å². The molecule has 1 atom stereocenters. The smallest absolute Gasteiger partial charge is 0.238 e. The molecule has 0 fully saturated rings. The van der Waals surface area contributed by atoms with Gasteiger partial charge in [0.05, 0.1) is 25.0 Å². The summed E-state index contributed by atoms with van der Waals surface area (Å²) in [4.78, 5) is 14.1. The van der Waals surface area contributed by atoms with Gasteiger partial charge in [0.1, 0.15) is 5.75 Å². The van der Waals surface area contributed by atoms with Crippen LogP contribution in [-0.2, 0) is 4.79 Å². The third kappa shape index (κ3) is 5.85. The first kappa shape index (κ1) is 17.7. The van der Waals surface area contributed by atoms with Crippen molar-refractivity contribution < 1.29 is 9.53 Å². The molecule has 6 heteroatoms. The van der Waals surface area contributed by atoms with Crippen LogP contribution in [0, 0.1) is 0 Å². The second kappa shape index (κ2) is 8.79. The molecule has 0 spiro atoms. The van der Waals surface area contributed by atoms with Gasteiger partial charge in [-0.05, 0) is 44.5 Å². The lowest BCUT2D eigenvalue weighted by molar-refractivity contribution is -0.117. The number of nitrogens with one attached hydrogen (secondary N) is 1. The number of likely N-dealkylation sites (N-methyl/N-ethyl adjacent to an activating group) is 1. The third-order valence-corrected chi connectivity index (χ3v) is 4.06. The first-order chi connectivity index (χ1) is 9.97. The average Bonchev–Trinajstić information content (AvgIpc) is 2.46. The maximum Gasteiger partial charge on any atom is 0.238 e. The van der Waals surface area contributed by atoms with E-state index in [0.717, 1.165) is 12.2 Å². The van der Waals surface area contributed by atoms with Gasteiger partial charge in [0.2, 0.25) is 5.91 Å². The number of thioether (sulfide) groups is 1. The number of ether oxygens (including phenoxy) is 1. The number of hydrogen-bond acceptors (Lipinski definition) is 5. The fraction of sp³-hybridized carbons (Fsp3) is 0.533. The van der Waals surface area contributed by atoms with Crippen molar-refractivity contribution >= 4 is 29.0 Å². The van der Waals surface area contributed by atoms with Crippen LogP contribution in [0.4, 0.5) is 11.4 Å². The van der Waals surface area contributed by atoms with Gasteiger partial charge < -0.3 is 15.8 Å². The lowest BCUT2D eigenvalue weighted by Crippen LogP contribution is -2.36. The van der Waals surface area contributed by atoms with Crippen LogP contribution in [-0.4, -0.2) is 49.6 Å². The van der Waals surface area contributed by atoms with E-state index in [1.165, 1.54) is 0 Å². The van der Waals surface area contributed by atoms with E-state index < -0.39 is 0 Å². The van der Waals surface area contributed by atoms with Gasteiger partial charge in [-0.3, -0.25) is 9.69 Å². The van der Waals surface area contributed by atoms with Gasteiger partial charge in [-0.15, -0.1) is 0 Å². The highest BCUT2D eigenvalue weighted by Gasteiger charge is 2.13. The van der Waals surface area contributed by atoms with Crippen molar-refractivity contribution in [1.29, 1.82) is 0 Å². The molecular formula is C15H25N3O2S. The molecule has 0 aliphatic heterocycles. The Kier molecular flexibility index (Phi) is 7.39. The van der Waals surface area contributed by atoms with Crippen molar-refractivity contribution in [3.8, 4) is 5.75 Å². The van der Waals surface area contributed by atoms with Gasteiger partial charge in [0, 0.05) is 12.1 Å². The lowest BCUT2D eigenvalue weighted by Gasteiger charge is -2.24. The third-order valence-electron chi connectivity index (χ3n) is 3.42. The van der Waals surface area contributed by atoms with Crippen LogP contribution in [0.2, 0.25) is 0 Å². The Balaban J connectivity index is 2.53. The van der Waals surface area contributed by atoms with E-state index in [4.69, 9.17) is 10.5 Å². The number of benzene rings is 1. The number of hydrogen-bond donors (Lipinski definition) is 2. The Morgan fingerprint density at radius 3 is 2.81 bits per heavy atom. The zero-order valence-electron chi connectivity index (χ0n) is 13.2. The molecule has 0 heterocycles. The van der Waals surface area contributed by atoms with E-state index in [1.807, 2.05) is 23.7 Å². The normalized spacial score (nSPS) is 12.2. The van der Waals surface area contributed by atoms with Gasteiger partial charge in [0.25, 0.3) is 0 Å². The van der Waals surface area contributed by atoms with Crippen LogP contribution in [0.1, 0.15) is 13.3 Å². The first-order valence-electron chi connectivity index (χ1n) is 6.90. The number of carbonyl (C=O) groups excluding carboxylic acids is 1. The van der Waals surface area contributed by atoms with E-state index in [1.54, 1.807) is 25.3 Å². The molecule has 0 aliphatic rings. The zero-order chi connectivity index (χ0) is 15.8. The molecule has 1 amide bonds. The predicted octanol–water partition coefficient (Wildman–Crippen LogP) is 2.29. The predicted molar refractivity (Wildman–Crippen MR) is 91.1 cm³/mol. The summed E-state index contributed by atoms with van der Waals surface area (Å²) < 4.78 is 5.09. The molecule has 0 bridgehead atoms. The minimum Gasteiger partial charge on any atom is -0.497 e. The minimum absolute atomic E-state index is 0.0645. The van der Waals surface area contributed by atoms with Gasteiger partial charge in [-0.25, -0.2) is 0 Å². The number of nitrogens with two attached hydrogens (primary N) is 1. The maximum absolute atomic E-state index is 12.1. The summed E-state index contributed by atoms with van der Waals surface area (Å²) in [6.45, 7) is 2.48. The second-order valence-electron chi connectivity index (χ2n) is 5.05. The number of nitrogen functional groups attached to an aromatic ring is 1. The Hall–Kier alpha value is -1.40.